The van der Waals surface area contributed by atoms with Crippen LogP contribution >= 0.6 is 0 Å². The fourth-order valence-corrected chi connectivity index (χ4v) is 3.33. The number of anilines is 1. The summed E-state index contributed by atoms with van der Waals surface area (Å²) in [6, 6.07) is 12.0. The maximum absolute atomic E-state index is 9.76. The molecule has 0 radical (unpaired) electrons. The number of hydrogen-bond acceptors (Lipinski definition) is 3. The van der Waals surface area contributed by atoms with Crippen LogP contribution in [0, 0.1) is 13.8 Å². The van der Waals surface area contributed by atoms with Crippen LogP contribution in [0.1, 0.15) is 30.0 Å². The number of aromatic hydroxyl groups is 1. The number of phenols is 1. The highest BCUT2D eigenvalue weighted by atomic mass is 16.5. The second-order valence-corrected chi connectivity index (χ2v) is 6.47. The minimum atomic E-state index is 0.109. The van der Waals surface area contributed by atoms with Gasteiger partial charge in [0.2, 0.25) is 0 Å². The van der Waals surface area contributed by atoms with Crippen LogP contribution in [0.5, 0.6) is 11.5 Å². The quantitative estimate of drug-likeness (QED) is 0.917. The number of aryl methyl sites for hydroxylation is 2. The van der Waals surface area contributed by atoms with Crippen molar-refractivity contribution in [2.75, 3.05) is 18.0 Å². The molecule has 1 N–H and O–H groups in total. The van der Waals surface area contributed by atoms with Crippen LogP contribution in [-0.2, 0) is 6.42 Å². The lowest BCUT2D eigenvalue weighted by molar-refractivity contribution is 0.193. The molecular formula is C20H25NO2. The highest BCUT2D eigenvalue weighted by molar-refractivity contribution is 5.62. The molecule has 0 aromatic heterocycles. The van der Waals surface area contributed by atoms with Crippen molar-refractivity contribution in [1.82, 2.24) is 0 Å². The highest BCUT2D eigenvalue weighted by Crippen LogP contribution is 2.37. The monoisotopic (exact) mass is 311 g/mol. The lowest BCUT2D eigenvalue weighted by Crippen LogP contribution is -2.41. The zero-order valence-electron chi connectivity index (χ0n) is 14.2. The van der Waals surface area contributed by atoms with Gasteiger partial charge in [0.15, 0.2) is 0 Å². The van der Waals surface area contributed by atoms with Crippen molar-refractivity contribution in [2.24, 2.45) is 0 Å². The molecular weight excluding hydrogens is 286 g/mol. The van der Waals surface area contributed by atoms with Gasteiger partial charge in [-0.25, -0.2) is 0 Å². The summed E-state index contributed by atoms with van der Waals surface area (Å²) >= 11 is 0. The number of nitrogens with zero attached hydrogens (tertiary/aromatic N) is 1. The van der Waals surface area contributed by atoms with Gasteiger partial charge in [0.05, 0.1) is 12.2 Å². The van der Waals surface area contributed by atoms with Crippen LogP contribution in [-0.4, -0.2) is 24.3 Å². The fraction of sp³-hybridized carbons (Fsp3) is 0.400. The second kappa shape index (κ2) is 6.53. The summed E-state index contributed by atoms with van der Waals surface area (Å²) in [4.78, 5) is 2.37. The third-order valence-electron chi connectivity index (χ3n) is 4.44. The Morgan fingerprint density at radius 1 is 1.17 bits per heavy atom. The molecule has 1 aliphatic rings. The summed E-state index contributed by atoms with van der Waals surface area (Å²) in [5.41, 5.74) is 5.03. The first-order chi connectivity index (χ1) is 11.1. The molecule has 2 aromatic carbocycles. The van der Waals surface area contributed by atoms with Gasteiger partial charge in [-0.15, -0.1) is 0 Å². The summed E-state index contributed by atoms with van der Waals surface area (Å²) in [6.45, 7) is 8.36. The van der Waals surface area contributed by atoms with Gasteiger partial charge >= 0.3 is 0 Å². The van der Waals surface area contributed by atoms with Gasteiger partial charge in [0.1, 0.15) is 17.6 Å². The molecule has 0 spiro atoms. The first kappa shape index (κ1) is 15.7. The molecule has 1 heterocycles. The van der Waals surface area contributed by atoms with E-state index in [0.29, 0.717) is 0 Å². The molecule has 3 rings (SSSR count). The van der Waals surface area contributed by atoms with Crippen molar-refractivity contribution >= 4 is 5.69 Å². The smallest absolute Gasteiger partial charge is 0.146 e. The molecule has 0 bridgehead atoms. The van der Waals surface area contributed by atoms with Crippen LogP contribution in [0.15, 0.2) is 36.4 Å². The molecule has 0 amide bonds. The first-order valence-electron chi connectivity index (χ1n) is 8.37. The Labute approximate surface area is 138 Å². The van der Waals surface area contributed by atoms with E-state index in [-0.39, 0.29) is 11.9 Å². The number of phenolic OH excluding ortho intramolecular Hbond substituents is 1. The normalized spacial score (nSPS) is 16.8. The maximum atomic E-state index is 9.76. The fourth-order valence-electron chi connectivity index (χ4n) is 3.33. The van der Waals surface area contributed by atoms with Crippen molar-refractivity contribution in [3.8, 4) is 11.5 Å². The van der Waals surface area contributed by atoms with Gasteiger partial charge in [0, 0.05) is 19.0 Å². The van der Waals surface area contributed by atoms with Crippen molar-refractivity contribution < 1.29 is 9.84 Å². The van der Waals surface area contributed by atoms with Gasteiger partial charge < -0.3 is 14.7 Å². The van der Waals surface area contributed by atoms with E-state index in [1.54, 1.807) is 12.1 Å². The second-order valence-electron chi connectivity index (χ2n) is 6.47. The molecule has 1 unspecified atom stereocenters. The maximum Gasteiger partial charge on any atom is 0.146 e. The lowest BCUT2D eigenvalue weighted by Gasteiger charge is -2.36. The molecule has 2 aromatic rings. The van der Waals surface area contributed by atoms with E-state index in [1.807, 2.05) is 6.07 Å². The zero-order chi connectivity index (χ0) is 16.4. The standard InChI is InChI=1S/C20H25NO2/c1-4-9-21-13-18(11-16-6-5-14(2)10-15(16)3)23-20-12-17(22)7-8-19(20)21/h5-8,10,12,18,22H,4,9,11,13H2,1-3H3. The van der Waals surface area contributed by atoms with Crippen molar-refractivity contribution in [1.29, 1.82) is 0 Å². The number of benzene rings is 2. The summed E-state index contributed by atoms with van der Waals surface area (Å²) < 4.78 is 6.18. The highest BCUT2D eigenvalue weighted by Gasteiger charge is 2.26. The first-order valence-corrected chi connectivity index (χ1v) is 8.37. The topological polar surface area (TPSA) is 32.7 Å². The Kier molecular flexibility index (Phi) is 4.46. The average molecular weight is 311 g/mol. The van der Waals surface area contributed by atoms with E-state index < -0.39 is 0 Å². The molecule has 23 heavy (non-hydrogen) atoms. The third kappa shape index (κ3) is 3.44. The van der Waals surface area contributed by atoms with E-state index in [0.717, 1.165) is 37.4 Å². The molecule has 0 saturated heterocycles. The Bertz CT molecular complexity index is 696. The summed E-state index contributed by atoms with van der Waals surface area (Å²) in [7, 11) is 0. The van der Waals surface area contributed by atoms with Crippen LogP contribution in [0.4, 0.5) is 5.69 Å². The number of rotatable bonds is 4. The van der Waals surface area contributed by atoms with E-state index >= 15 is 0 Å². The van der Waals surface area contributed by atoms with E-state index in [1.165, 1.54) is 16.7 Å². The van der Waals surface area contributed by atoms with Crippen LogP contribution in [0.25, 0.3) is 0 Å². The largest absolute Gasteiger partial charge is 0.508 e. The molecule has 1 aliphatic heterocycles. The number of fused-ring (bicyclic) bond motifs is 1. The SMILES string of the molecule is CCCN1CC(Cc2ccc(C)cc2C)Oc2cc(O)ccc21. The Morgan fingerprint density at radius 2 is 2.00 bits per heavy atom. The molecule has 0 saturated carbocycles. The third-order valence-corrected chi connectivity index (χ3v) is 4.44. The molecule has 122 valence electrons. The van der Waals surface area contributed by atoms with Gasteiger partial charge in [-0.05, 0) is 43.5 Å². The molecule has 0 fully saturated rings. The minimum absolute atomic E-state index is 0.109. The Balaban J connectivity index is 1.84. The molecule has 1 atom stereocenters. The molecule has 3 nitrogen and oxygen atoms in total. The number of ether oxygens (including phenoxy) is 1. The van der Waals surface area contributed by atoms with E-state index in [4.69, 9.17) is 4.74 Å². The summed E-state index contributed by atoms with van der Waals surface area (Å²) in [5, 5.41) is 9.76. The summed E-state index contributed by atoms with van der Waals surface area (Å²) in [6.07, 6.45) is 2.09. The Morgan fingerprint density at radius 3 is 2.74 bits per heavy atom. The van der Waals surface area contributed by atoms with Crippen molar-refractivity contribution in [3.05, 3.63) is 53.1 Å². The van der Waals surface area contributed by atoms with Crippen LogP contribution in [0.3, 0.4) is 0 Å². The van der Waals surface area contributed by atoms with Crippen molar-refractivity contribution in [3.63, 3.8) is 0 Å². The predicted octanol–water partition coefficient (Wildman–Crippen LogP) is 4.23. The van der Waals surface area contributed by atoms with E-state index in [2.05, 4.69) is 43.9 Å². The zero-order valence-corrected chi connectivity index (χ0v) is 14.2. The predicted molar refractivity (Wildman–Crippen MR) is 94.6 cm³/mol. The van der Waals surface area contributed by atoms with Gasteiger partial charge in [-0.3, -0.25) is 0 Å². The molecule has 3 heteroatoms. The minimum Gasteiger partial charge on any atom is -0.508 e. The van der Waals surface area contributed by atoms with Gasteiger partial charge in [0.25, 0.3) is 0 Å². The Hall–Kier alpha value is -2.16. The van der Waals surface area contributed by atoms with Gasteiger partial charge in [-0.1, -0.05) is 30.7 Å². The molecule has 0 aliphatic carbocycles. The summed E-state index contributed by atoms with van der Waals surface area (Å²) in [5.74, 6) is 1.05. The number of hydrogen-bond donors (Lipinski definition) is 1. The van der Waals surface area contributed by atoms with Crippen LogP contribution in [0.2, 0.25) is 0 Å². The lowest BCUT2D eigenvalue weighted by atomic mass is 9.99. The van der Waals surface area contributed by atoms with Gasteiger partial charge in [-0.2, -0.15) is 0 Å². The average Bonchev–Trinajstić information content (AvgIpc) is 2.50. The van der Waals surface area contributed by atoms with E-state index in [9.17, 15) is 5.11 Å². The van der Waals surface area contributed by atoms with Crippen LogP contribution < -0.4 is 9.64 Å². The van der Waals surface area contributed by atoms with Crippen molar-refractivity contribution in [2.45, 2.75) is 39.7 Å².